The molecule has 1 amide bonds. The fraction of sp³-hybridized carbons (Fsp3) is 0.500. The van der Waals surface area contributed by atoms with E-state index in [9.17, 15) is 14.3 Å². The summed E-state index contributed by atoms with van der Waals surface area (Å²) in [6.45, 7) is 4.22. The van der Waals surface area contributed by atoms with Crippen LogP contribution < -0.4 is 9.80 Å². The summed E-state index contributed by atoms with van der Waals surface area (Å²) in [6.07, 6.45) is 12.0. The topological polar surface area (TPSA) is 69.6 Å². The minimum Gasteiger partial charge on any atom is -0.508 e. The molecule has 41 heavy (non-hydrogen) atoms. The molecule has 3 fully saturated rings. The van der Waals surface area contributed by atoms with Crippen LogP contribution in [-0.2, 0) is 6.42 Å². The number of aryl methyl sites for hydroxylation is 1. The second kappa shape index (κ2) is 11.8. The van der Waals surface area contributed by atoms with Gasteiger partial charge in [-0.25, -0.2) is 4.98 Å². The smallest absolute Gasteiger partial charge is 0.261 e. The molecule has 7 heteroatoms. The highest BCUT2D eigenvalue weighted by Crippen LogP contribution is 2.46. The number of alkyl halides is 1. The number of aromatic nitrogens is 2. The van der Waals surface area contributed by atoms with Gasteiger partial charge in [-0.1, -0.05) is 13.0 Å². The summed E-state index contributed by atoms with van der Waals surface area (Å²) in [4.78, 5) is 27.2. The Kier molecular flexibility index (Phi) is 7.96. The molecule has 1 aliphatic heterocycles. The number of carbonyl (C=O) groups is 1. The Morgan fingerprint density at radius 2 is 1.88 bits per heavy atom. The summed E-state index contributed by atoms with van der Waals surface area (Å²) in [5.41, 5.74) is 3.69. The number of rotatable bonds is 11. The summed E-state index contributed by atoms with van der Waals surface area (Å²) in [5, 5.41) is 10.4. The van der Waals surface area contributed by atoms with Crippen molar-refractivity contribution in [3.05, 3.63) is 77.7 Å². The van der Waals surface area contributed by atoms with Gasteiger partial charge in [0, 0.05) is 49.7 Å². The molecule has 1 N–H and O–H groups in total. The van der Waals surface area contributed by atoms with Crippen molar-refractivity contribution in [2.45, 2.75) is 64.2 Å². The van der Waals surface area contributed by atoms with E-state index >= 15 is 0 Å². The molecular weight excluding hydrogens is 515 g/mol. The molecule has 6 rings (SSSR count). The number of amides is 1. The van der Waals surface area contributed by atoms with E-state index in [1.165, 1.54) is 0 Å². The first-order valence-electron chi connectivity index (χ1n) is 15.2. The van der Waals surface area contributed by atoms with Crippen molar-refractivity contribution in [1.29, 1.82) is 0 Å². The molecule has 1 atom stereocenters. The van der Waals surface area contributed by atoms with E-state index in [0.29, 0.717) is 29.8 Å². The van der Waals surface area contributed by atoms with E-state index in [0.717, 1.165) is 81.4 Å². The Balaban J connectivity index is 1.12. The summed E-state index contributed by atoms with van der Waals surface area (Å²) >= 11 is 0. The molecule has 2 saturated carbocycles. The Morgan fingerprint density at radius 3 is 2.56 bits per heavy atom. The first-order chi connectivity index (χ1) is 19.9. The fourth-order valence-corrected chi connectivity index (χ4v) is 6.30. The molecule has 3 aromatic rings. The van der Waals surface area contributed by atoms with Gasteiger partial charge in [-0.15, -0.1) is 0 Å². The number of hydrogen-bond acceptors (Lipinski definition) is 5. The molecule has 6 nitrogen and oxygen atoms in total. The molecule has 1 aromatic carbocycles. The second-order valence-electron chi connectivity index (χ2n) is 12.7. The highest BCUT2D eigenvalue weighted by atomic mass is 19.1. The lowest BCUT2D eigenvalue weighted by molar-refractivity contribution is 0.0981. The van der Waals surface area contributed by atoms with Gasteiger partial charge >= 0.3 is 0 Å². The summed E-state index contributed by atoms with van der Waals surface area (Å²) in [6, 6.07) is 14.9. The molecule has 3 heterocycles. The van der Waals surface area contributed by atoms with Crippen LogP contribution in [0.4, 0.5) is 15.9 Å². The van der Waals surface area contributed by atoms with Crippen LogP contribution in [0.25, 0.3) is 0 Å². The Bertz CT molecular complexity index is 1350. The largest absolute Gasteiger partial charge is 0.508 e. The van der Waals surface area contributed by atoms with Crippen LogP contribution in [0.15, 0.2) is 60.9 Å². The van der Waals surface area contributed by atoms with Crippen molar-refractivity contribution in [3.8, 4) is 5.75 Å². The molecule has 0 bridgehead atoms. The number of benzene rings is 1. The highest BCUT2D eigenvalue weighted by molar-refractivity contribution is 6.09. The zero-order chi connectivity index (χ0) is 28.4. The van der Waals surface area contributed by atoms with Crippen LogP contribution >= 0.6 is 0 Å². The lowest BCUT2D eigenvalue weighted by atomic mass is 9.90. The van der Waals surface area contributed by atoms with Gasteiger partial charge in [0.2, 0.25) is 0 Å². The van der Waals surface area contributed by atoms with Crippen molar-refractivity contribution in [3.63, 3.8) is 0 Å². The van der Waals surface area contributed by atoms with Crippen LogP contribution in [0, 0.1) is 17.3 Å². The zero-order valence-corrected chi connectivity index (χ0v) is 24.0. The van der Waals surface area contributed by atoms with Crippen LogP contribution in [0.2, 0.25) is 0 Å². The number of nitrogens with zero attached hydrogens (tertiary/aromatic N) is 4. The molecule has 0 spiro atoms. The summed E-state index contributed by atoms with van der Waals surface area (Å²) in [7, 11) is 0. The SMILES string of the molecule is CC1(CN(C(=O)c2ccc(O)cc2N2CCC(CCc3cc(C(CF)C4CC4)ccn3)CC2)c2ccccn2)CC1. The van der Waals surface area contributed by atoms with Crippen molar-refractivity contribution in [1.82, 2.24) is 9.97 Å². The maximum atomic E-state index is 14.0. The van der Waals surface area contributed by atoms with Gasteiger partial charge in [0.05, 0.1) is 17.9 Å². The molecule has 2 aromatic heterocycles. The number of anilines is 2. The number of piperidine rings is 1. The first-order valence-corrected chi connectivity index (χ1v) is 15.2. The fourth-order valence-electron chi connectivity index (χ4n) is 6.30. The predicted octanol–water partition coefficient (Wildman–Crippen LogP) is 6.94. The average Bonchev–Trinajstić information content (AvgIpc) is 3.95. The number of carbonyl (C=O) groups excluding carboxylic acids is 1. The van der Waals surface area contributed by atoms with Crippen molar-refractivity contribution in [2.24, 2.45) is 17.3 Å². The van der Waals surface area contributed by atoms with Crippen molar-refractivity contribution < 1.29 is 14.3 Å². The predicted molar refractivity (Wildman–Crippen MR) is 160 cm³/mol. The van der Waals surface area contributed by atoms with Crippen LogP contribution in [0.1, 0.15) is 79.4 Å². The van der Waals surface area contributed by atoms with Gasteiger partial charge in [0.1, 0.15) is 11.6 Å². The number of hydrogen-bond donors (Lipinski definition) is 1. The van der Waals surface area contributed by atoms with Gasteiger partial charge < -0.3 is 10.0 Å². The van der Waals surface area contributed by atoms with E-state index < -0.39 is 0 Å². The normalized spacial score (nSPS) is 19.1. The quantitative estimate of drug-likeness (QED) is 0.277. The maximum Gasteiger partial charge on any atom is 0.261 e. The van der Waals surface area contributed by atoms with Crippen LogP contribution in [0.5, 0.6) is 5.75 Å². The van der Waals surface area contributed by atoms with Gasteiger partial charge in [-0.05, 0) is 111 Å². The van der Waals surface area contributed by atoms with Gasteiger partial charge in [-0.2, -0.15) is 0 Å². The standard InChI is InChI=1S/C34H41FN4O2/c1-34(14-15-34)23-39(32-4-2-3-16-37-32)33(41)29-10-9-28(40)21-31(29)38-18-12-24(13-19-38)5-8-27-20-26(11-17-36-27)30(22-35)25-6-7-25/h2-4,9-11,16-17,20-21,24-25,30,40H,5-8,12-15,18-19,22-23H2,1H3. The molecule has 216 valence electrons. The third kappa shape index (κ3) is 6.55. The van der Waals surface area contributed by atoms with E-state index in [2.05, 4.69) is 27.9 Å². The number of aromatic hydroxyl groups is 1. The van der Waals surface area contributed by atoms with Crippen molar-refractivity contribution in [2.75, 3.05) is 36.1 Å². The number of halogens is 1. The van der Waals surface area contributed by atoms with Crippen molar-refractivity contribution >= 4 is 17.4 Å². The third-order valence-electron chi connectivity index (χ3n) is 9.42. The molecule has 0 radical (unpaired) electrons. The molecule has 2 aliphatic carbocycles. The van der Waals surface area contributed by atoms with E-state index in [-0.39, 0.29) is 29.7 Å². The summed E-state index contributed by atoms with van der Waals surface area (Å²) < 4.78 is 13.7. The average molecular weight is 557 g/mol. The van der Waals surface area contributed by atoms with E-state index in [1.54, 1.807) is 24.4 Å². The number of phenolic OH excluding ortho intramolecular Hbond substituents is 1. The Labute approximate surface area is 242 Å². The Hall–Kier alpha value is -3.48. The lowest BCUT2D eigenvalue weighted by Gasteiger charge is -2.35. The van der Waals surface area contributed by atoms with Gasteiger partial charge in [0.25, 0.3) is 5.91 Å². The highest BCUT2D eigenvalue weighted by Gasteiger charge is 2.41. The third-order valence-corrected chi connectivity index (χ3v) is 9.42. The zero-order valence-electron chi connectivity index (χ0n) is 24.0. The monoisotopic (exact) mass is 556 g/mol. The first kappa shape index (κ1) is 27.7. The maximum absolute atomic E-state index is 14.0. The molecule has 1 saturated heterocycles. The molecule has 1 unspecified atom stereocenters. The molecule has 3 aliphatic rings. The lowest BCUT2D eigenvalue weighted by Crippen LogP contribution is -2.39. The van der Waals surface area contributed by atoms with Gasteiger partial charge in [0.15, 0.2) is 0 Å². The minimum absolute atomic E-state index is 0.0277. The summed E-state index contributed by atoms with van der Waals surface area (Å²) in [5.74, 6) is 1.85. The van der Waals surface area contributed by atoms with Crippen LogP contribution in [0.3, 0.4) is 0 Å². The number of pyridine rings is 2. The molecular formula is C34H41FN4O2. The number of phenols is 1. The van der Waals surface area contributed by atoms with E-state index in [4.69, 9.17) is 0 Å². The van der Waals surface area contributed by atoms with Crippen LogP contribution in [-0.4, -0.2) is 47.3 Å². The van der Waals surface area contributed by atoms with Gasteiger partial charge in [-0.3, -0.25) is 19.1 Å². The van der Waals surface area contributed by atoms with E-state index in [1.807, 2.05) is 35.4 Å². The second-order valence-corrected chi connectivity index (χ2v) is 12.7. The minimum atomic E-state index is -0.287. The Morgan fingerprint density at radius 1 is 1.07 bits per heavy atom.